The summed E-state index contributed by atoms with van der Waals surface area (Å²) in [5, 5.41) is 23.6. The van der Waals surface area contributed by atoms with E-state index in [0.717, 1.165) is 56.8 Å². The molecule has 2 aromatic rings. The Hall–Kier alpha value is -2.41. The standard InChI is InChI=1S/C30H40N2O4/c1-4-29-21-28(2,34)30(35,23-8-6-5-7-9-23)19-24(29)11-10-22-18-25(12-13-26(22)29)36-20-27(33)32-16-14-31(3)15-17-32/h5-9,12-13,18,24,34-35H,4,10-11,14-17,19-21H2,1-3H3/t24-,28-,29-,30-/m1/s1. The highest BCUT2D eigenvalue weighted by atomic mass is 16.5. The van der Waals surface area contributed by atoms with Crippen LogP contribution in [0.5, 0.6) is 5.75 Å². The Balaban J connectivity index is 1.36. The Morgan fingerprint density at radius 1 is 1.08 bits per heavy atom. The molecule has 1 aliphatic heterocycles. The summed E-state index contributed by atoms with van der Waals surface area (Å²) in [7, 11) is 2.08. The quantitative estimate of drug-likeness (QED) is 0.669. The van der Waals surface area contributed by atoms with Gasteiger partial charge >= 0.3 is 0 Å². The molecule has 2 aromatic carbocycles. The number of hydrogen-bond acceptors (Lipinski definition) is 5. The first kappa shape index (κ1) is 25.2. The molecule has 0 spiro atoms. The zero-order valence-corrected chi connectivity index (χ0v) is 21.9. The van der Waals surface area contributed by atoms with Crippen molar-refractivity contribution < 1.29 is 19.7 Å². The van der Waals surface area contributed by atoms with Crippen molar-refractivity contribution >= 4 is 5.91 Å². The van der Waals surface area contributed by atoms with Crippen LogP contribution in [0.25, 0.3) is 0 Å². The van der Waals surface area contributed by atoms with Crippen LogP contribution in [0.3, 0.4) is 0 Å². The molecular formula is C30H40N2O4. The summed E-state index contributed by atoms with van der Waals surface area (Å²) in [5.41, 5.74) is 0.542. The molecule has 6 heteroatoms. The minimum atomic E-state index is -1.28. The lowest BCUT2D eigenvalue weighted by molar-refractivity contribution is -0.205. The maximum absolute atomic E-state index is 12.6. The zero-order chi connectivity index (χ0) is 25.6. The number of benzene rings is 2. The Kier molecular flexibility index (Phi) is 6.64. The number of fused-ring (bicyclic) bond motifs is 3. The number of carbonyl (C=O) groups is 1. The predicted octanol–water partition coefficient (Wildman–Crippen LogP) is 3.48. The molecule has 6 nitrogen and oxygen atoms in total. The van der Waals surface area contributed by atoms with Crippen molar-refractivity contribution in [1.29, 1.82) is 0 Å². The summed E-state index contributed by atoms with van der Waals surface area (Å²) >= 11 is 0. The van der Waals surface area contributed by atoms with Crippen LogP contribution in [0.4, 0.5) is 0 Å². The molecule has 2 fully saturated rings. The number of ether oxygens (including phenoxy) is 1. The van der Waals surface area contributed by atoms with E-state index in [-0.39, 0.29) is 23.8 Å². The topological polar surface area (TPSA) is 73.2 Å². The van der Waals surface area contributed by atoms with Gasteiger partial charge in [-0.15, -0.1) is 0 Å². The maximum Gasteiger partial charge on any atom is 0.260 e. The van der Waals surface area contributed by atoms with Crippen molar-refractivity contribution in [3.05, 3.63) is 65.2 Å². The summed E-state index contributed by atoms with van der Waals surface area (Å²) in [4.78, 5) is 16.7. The van der Waals surface area contributed by atoms with E-state index in [1.165, 1.54) is 11.1 Å². The molecule has 0 bridgehead atoms. The Labute approximate surface area is 214 Å². The largest absolute Gasteiger partial charge is 0.484 e. The van der Waals surface area contributed by atoms with Gasteiger partial charge in [0.1, 0.15) is 11.4 Å². The first-order chi connectivity index (χ1) is 17.2. The molecule has 1 amide bonds. The van der Waals surface area contributed by atoms with Gasteiger partial charge in [0, 0.05) is 31.6 Å². The molecule has 3 aliphatic rings. The first-order valence-electron chi connectivity index (χ1n) is 13.4. The second-order valence-electron chi connectivity index (χ2n) is 11.4. The van der Waals surface area contributed by atoms with Gasteiger partial charge < -0.3 is 24.7 Å². The van der Waals surface area contributed by atoms with Crippen molar-refractivity contribution in [1.82, 2.24) is 9.80 Å². The smallest absolute Gasteiger partial charge is 0.260 e. The lowest BCUT2D eigenvalue weighted by Crippen LogP contribution is -2.62. The lowest BCUT2D eigenvalue weighted by atomic mass is 9.49. The van der Waals surface area contributed by atoms with Crippen molar-refractivity contribution in [2.75, 3.05) is 39.8 Å². The molecule has 0 unspecified atom stereocenters. The number of amides is 1. The Morgan fingerprint density at radius 3 is 2.50 bits per heavy atom. The molecule has 1 saturated carbocycles. The van der Waals surface area contributed by atoms with Gasteiger partial charge in [-0.25, -0.2) is 0 Å². The van der Waals surface area contributed by atoms with E-state index in [1.54, 1.807) is 6.92 Å². The highest BCUT2D eigenvalue weighted by Gasteiger charge is 2.60. The van der Waals surface area contributed by atoms with Crippen molar-refractivity contribution in [2.24, 2.45) is 5.92 Å². The van der Waals surface area contributed by atoms with Crippen LogP contribution in [-0.4, -0.2) is 71.4 Å². The maximum atomic E-state index is 12.6. The zero-order valence-electron chi connectivity index (χ0n) is 21.9. The number of carbonyl (C=O) groups excluding carboxylic acids is 1. The van der Waals surface area contributed by atoms with Gasteiger partial charge in [-0.1, -0.05) is 43.3 Å². The third-order valence-corrected chi connectivity index (χ3v) is 9.35. The minimum Gasteiger partial charge on any atom is -0.484 e. The van der Waals surface area contributed by atoms with Gasteiger partial charge in [0.25, 0.3) is 5.91 Å². The number of likely N-dealkylation sites (N-methyl/N-ethyl adjacent to an activating group) is 1. The molecule has 0 radical (unpaired) electrons. The van der Waals surface area contributed by atoms with Gasteiger partial charge in [-0.05, 0) is 80.8 Å². The number of aliphatic hydroxyl groups is 2. The fraction of sp³-hybridized carbons (Fsp3) is 0.567. The second-order valence-corrected chi connectivity index (χ2v) is 11.4. The fourth-order valence-electron chi connectivity index (χ4n) is 7.09. The third-order valence-electron chi connectivity index (χ3n) is 9.35. The molecule has 36 heavy (non-hydrogen) atoms. The van der Waals surface area contributed by atoms with Gasteiger partial charge in [0.15, 0.2) is 6.61 Å². The molecule has 2 aliphatic carbocycles. The molecule has 1 heterocycles. The summed E-state index contributed by atoms with van der Waals surface area (Å²) in [6.07, 6.45) is 3.79. The van der Waals surface area contributed by atoms with Crippen LogP contribution >= 0.6 is 0 Å². The van der Waals surface area contributed by atoms with Gasteiger partial charge in [-0.3, -0.25) is 4.79 Å². The fourth-order valence-corrected chi connectivity index (χ4v) is 7.09. The summed E-state index contributed by atoms with van der Waals surface area (Å²) in [5.74, 6) is 1.03. The Bertz CT molecular complexity index is 1100. The van der Waals surface area contributed by atoms with Crippen LogP contribution < -0.4 is 4.74 Å². The number of piperazine rings is 1. The van der Waals surface area contributed by atoms with Crippen molar-refractivity contribution in [3.8, 4) is 5.75 Å². The minimum absolute atomic E-state index is 0.0365. The number of aryl methyl sites for hydroxylation is 1. The van der Waals surface area contributed by atoms with E-state index in [1.807, 2.05) is 41.3 Å². The van der Waals surface area contributed by atoms with Crippen LogP contribution in [0.2, 0.25) is 0 Å². The van der Waals surface area contributed by atoms with Gasteiger partial charge in [0.05, 0.1) is 5.60 Å². The van der Waals surface area contributed by atoms with Crippen molar-refractivity contribution in [2.45, 2.75) is 62.6 Å². The summed E-state index contributed by atoms with van der Waals surface area (Å²) < 4.78 is 5.95. The SMILES string of the molecule is CC[C@@]12C[C@@](C)(O)[C@](O)(c3ccccc3)C[C@H]1CCc1cc(OCC(=O)N3CCN(C)CC3)ccc12. The van der Waals surface area contributed by atoms with Crippen LogP contribution in [0, 0.1) is 5.92 Å². The highest BCUT2D eigenvalue weighted by molar-refractivity contribution is 5.78. The van der Waals surface area contributed by atoms with E-state index in [2.05, 4.69) is 31.0 Å². The first-order valence-corrected chi connectivity index (χ1v) is 13.4. The number of hydrogen-bond donors (Lipinski definition) is 2. The van der Waals surface area contributed by atoms with E-state index in [4.69, 9.17) is 4.74 Å². The van der Waals surface area contributed by atoms with Crippen LogP contribution in [-0.2, 0) is 22.2 Å². The van der Waals surface area contributed by atoms with Crippen molar-refractivity contribution in [3.63, 3.8) is 0 Å². The lowest BCUT2D eigenvalue weighted by Gasteiger charge is -2.59. The molecule has 2 N–H and O–H groups in total. The average molecular weight is 493 g/mol. The molecule has 1 saturated heterocycles. The monoisotopic (exact) mass is 492 g/mol. The molecular weight excluding hydrogens is 452 g/mol. The van der Waals surface area contributed by atoms with Gasteiger partial charge in [-0.2, -0.15) is 0 Å². The highest BCUT2D eigenvalue weighted by Crippen LogP contribution is 2.60. The molecule has 194 valence electrons. The number of rotatable bonds is 5. The average Bonchev–Trinajstić information content (AvgIpc) is 2.88. The molecule has 5 rings (SSSR count). The third kappa shape index (κ3) is 4.23. The van der Waals surface area contributed by atoms with Crippen LogP contribution in [0.1, 0.15) is 56.2 Å². The summed E-state index contributed by atoms with van der Waals surface area (Å²) in [6.45, 7) is 7.34. The van der Waals surface area contributed by atoms with Crippen LogP contribution in [0.15, 0.2) is 48.5 Å². The Morgan fingerprint density at radius 2 is 1.81 bits per heavy atom. The normalized spacial score (nSPS) is 32.5. The van der Waals surface area contributed by atoms with E-state index >= 15 is 0 Å². The number of nitrogens with zero attached hydrogens (tertiary/aromatic N) is 2. The second kappa shape index (κ2) is 9.47. The van der Waals surface area contributed by atoms with Gasteiger partial charge in [0.2, 0.25) is 0 Å². The molecule has 4 atom stereocenters. The van der Waals surface area contributed by atoms with E-state index < -0.39 is 11.2 Å². The predicted molar refractivity (Wildman–Crippen MR) is 140 cm³/mol. The van der Waals surface area contributed by atoms with E-state index in [0.29, 0.717) is 12.8 Å². The summed E-state index contributed by atoms with van der Waals surface area (Å²) in [6, 6.07) is 15.9. The molecule has 0 aromatic heterocycles. The van der Waals surface area contributed by atoms with E-state index in [9.17, 15) is 15.0 Å².